The first kappa shape index (κ1) is 20.7. The molecule has 2 aliphatic heterocycles. The Balaban J connectivity index is 1.33. The Labute approximate surface area is 178 Å². The molecule has 1 atom stereocenters. The van der Waals surface area contributed by atoms with Gasteiger partial charge in [-0.1, -0.05) is 25.3 Å². The van der Waals surface area contributed by atoms with Crippen molar-refractivity contribution in [3.05, 3.63) is 29.3 Å². The fourth-order valence-electron chi connectivity index (χ4n) is 4.93. The maximum atomic E-state index is 12.9. The molecule has 30 heavy (non-hydrogen) atoms. The van der Waals surface area contributed by atoms with Crippen LogP contribution in [-0.4, -0.2) is 46.8 Å². The summed E-state index contributed by atoms with van der Waals surface area (Å²) in [4.78, 5) is 40.7. The van der Waals surface area contributed by atoms with E-state index in [1.54, 1.807) is 16.7 Å². The normalized spacial score (nSPS) is 21.4. The molecule has 1 unspecified atom stereocenters. The van der Waals surface area contributed by atoms with Crippen LogP contribution in [0.15, 0.2) is 18.2 Å². The van der Waals surface area contributed by atoms with Crippen molar-refractivity contribution in [3.8, 4) is 0 Å². The van der Waals surface area contributed by atoms with E-state index in [4.69, 9.17) is 0 Å². The molecular weight excluding hydrogens is 380 g/mol. The van der Waals surface area contributed by atoms with Crippen molar-refractivity contribution in [1.29, 1.82) is 0 Å². The molecule has 7 nitrogen and oxygen atoms in total. The summed E-state index contributed by atoms with van der Waals surface area (Å²) >= 11 is 0. The van der Waals surface area contributed by atoms with Gasteiger partial charge in [0.25, 0.3) is 0 Å². The van der Waals surface area contributed by atoms with Crippen LogP contribution in [0.5, 0.6) is 0 Å². The van der Waals surface area contributed by atoms with Crippen molar-refractivity contribution in [2.24, 2.45) is 5.92 Å². The van der Waals surface area contributed by atoms with Gasteiger partial charge in [-0.2, -0.15) is 0 Å². The lowest BCUT2D eigenvalue weighted by Gasteiger charge is -2.26. The Morgan fingerprint density at radius 1 is 1.00 bits per heavy atom. The summed E-state index contributed by atoms with van der Waals surface area (Å²) in [5.74, 6) is 0.600. The zero-order chi connectivity index (χ0) is 21.1. The summed E-state index contributed by atoms with van der Waals surface area (Å²) < 4.78 is 0. The molecule has 0 spiro atoms. The van der Waals surface area contributed by atoms with Gasteiger partial charge in [-0.15, -0.1) is 0 Å². The zero-order valence-electron chi connectivity index (χ0n) is 17.8. The Morgan fingerprint density at radius 2 is 1.77 bits per heavy atom. The minimum atomic E-state index is -0.392. The van der Waals surface area contributed by atoms with Gasteiger partial charge in [-0.25, -0.2) is 4.79 Å². The lowest BCUT2D eigenvalue weighted by molar-refractivity contribution is -0.129. The molecule has 1 saturated heterocycles. The van der Waals surface area contributed by atoms with Crippen molar-refractivity contribution in [2.75, 3.05) is 18.4 Å². The summed E-state index contributed by atoms with van der Waals surface area (Å²) in [6.45, 7) is 4.08. The predicted octanol–water partition coefficient (Wildman–Crippen LogP) is 3.24. The Bertz CT molecular complexity index is 819. The first-order chi connectivity index (χ1) is 14.5. The van der Waals surface area contributed by atoms with Crippen LogP contribution < -0.4 is 10.6 Å². The van der Waals surface area contributed by atoms with Gasteiger partial charge in [0.2, 0.25) is 11.8 Å². The fraction of sp³-hybridized carbons (Fsp3) is 0.609. The fourth-order valence-corrected chi connectivity index (χ4v) is 4.93. The lowest BCUT2D eigenvalue weighted by Crippen LogP contribution is -2.48. The minimum Gasteiger partial charge on any atom is -0.354 e. The highest BCUT2D eigenvalue weighted by Gasteiger charge is 2.34. The largest absolute Gasteiger partial charge is 0.354 e. The summed E-state index contributed by atoms with van der Waals surface area (Å²) in [5.41, 5.74) is 2.88. The molecule has 1 saturated carbocycles. The van der Waals surface area contributed by atoms with E-state index in [1.165, 1.54) is 32.1 Å². The summed E-state index contributed by atoms with van der Waals surface area (Å²) in [5, 5.41) is 6.05. The molecule has 3 aliphatic rings. The number of nitrogens with zero attached hydrogens (tertiary/aromatic N) is 2. The van der Waals surface area contributed by atoms with E-state index in [2.05, 4.69) is 10.6 Å². The molecule has 1 aromatic carbocycles. The highest BCUT2D eigenvalue weighted by molar-refractivity contribution is 5.94. The minimum absolute atomic E-state index is 0.0284. The number of hydrogen-bond donors (Lipinski definition) is 2. The SMILES string of the molecule is CC(=O)N1Cc2ccc(NC(=O)N3CCCC3C(=O)NCC3CCCCC3)cc2C1. The Hall–Kier alpha value is -2.57. The quantitative estimate of drug-likeness (QED) is 0.797. The van der Waals surface area contributed by atoms with Crippen LogP contribution in [0.4, 0.5) is 10.5 Å². The monoisotopic (exact) mass is 412 g/mol. The maximum Gasteiger partial charge on any atom is 0.322 e. The molecule has 0 bridgehead atoms. The topological polar surface area (TPSA) is 81.8 Å². The second kappa shape index (κ2) is 9.06. The van der Waals surface area contributed by atoms with Crippen LogP contribution in [0.1, 0.15) is 63.0 Å². The van der Waals surface area contributed by atoms with E-state index in [0.29, 0.717) is 37.7 Å². The van der Waals surface area contributed by atoms with E-state index in [1.807, 2.05) is 18.2 Å². The van der Waals surface area contributed by atoms with Gasteiger partial charge in [0, 0.05) is 38.8 Å². The molecule has 0 aromatic heterocycles. The second-order valence-corrected chi connectivity index (χ2v) is 8.89. The van der Waals surface area contributed by atoms with Gasteiger partial charge in [-0.05, 0) is 54.9 Å². The van der Waals surface area contributed by atoms with Crippen LogP contribution in [-0.2, 0) is 22.7 Å². The molecule has 7 heteroatoms. The molecule has 2 fully saturated rings. The number of carbonyl (C=O) groups excluding carboxylic acids is 3. The number of likely N-dealkylation sites (tertiary alicyclic amines) is 1. The Kier molecular flexibility index (Phi) is 6.25. The van der Waals surface area contributed by atoms with Crippen LogP contribution in [0.2, 0.25) is 0 Å². The summed E-state index contributed by atoms with van der Waals surface area (Å²) in [6.07, 6.45) is 7.74. The molecular formula is C23H32N4O3. The van der Waals surface area contributed by atoms with Crippen molar-refractivity contribution in [2.45, 2.75) is 71.0 Å². The van der Waals surface area contributed by atoms with Crippen LogP contribution in [0, 0.1) is 5.92 Å². The number of urea groups is 1. The van der Waals surface area contributed by atoms with Gasteiger partial charge in [0.15, 0.2) is 0 Å². The van der Waals surface area contributed by atoms with E-state index in [0.717, 1.165) is 24.1 Å². The van der Waals surface area contributed by atoms with Gasteiger partial charge >= 0.3 is 6.03 Å². The number of carbonyl (C=O) groups is 3. The van der Waals surface area contributed by atoms with Gasteiger partial charge in [0.1, 0.15) is 6.04 Å². The summed E-state index contributed by atoms with van der Waals surface area (Å²) in [6, 6.07) is 5.15. The van der Waals surface area contributed by atoms with E-state index in [9.17, 15) is 14.4 Å². The third kappa shape index (κ3) is 4.60. The number of anilines is 1. The van der Waals surface area contributed by atoms with E-state index in [-0.39, 0.29) is 17.8 Å². The van der Waals surface area contributed by atoms with Gasteiger partial charge in [-0.3, -0.25) is 9.59 Å². The van der Waals surface area contributed by atoms with Crippen molar-refractivity contribution < 1.29 is 14.4 Å². The lowest BCUT2D eigenvalue weighted by atomic mass is 9.89. The first-order valence-corrected chi connectivity index (χ1v) is 11.2. The smallest absolute Gasteiger partial charge is 0.322 e. The molecule has 2 N–H and O–H groups in total. The maximum absolute atomic E-state index is 12.9. The Morgan fingerprint density at radius 3 is 2.53 bits per heavy atom. The number of amides is 4. The standard InChI is InChI=1S/C23H32N4O3/c1-16(28)26-14-18-9-10-20(12-19(18)15-26)25-23(30)27-11-5-8-21(27)22(29)24-13-17-6-3-2-4-7-17/h9-10,12,17,21H,2-8,11,13-15H2,1H3,(H,24,29)(H,25,30). The predicted molar refractivity (Wildman–Crippen MR) is 115 cm³/mol. The number of fused-ring (bicyclic) bond motifs is 1. The van der Waals surface area contributed by atoms with E-state index < -0.39 is 6.04 Å². The number of nitrogens with one attached hydrogen (secondary N) is 2. The second-order valence-electron chi connectivity index (χ2n) is 8.89. The number of hydrogen-bond acceptors (Lipinski definition) is 3. The highest BCUT2D eigenvalue weighted by atomic mass is 16.2. The molecule has 0 radical (unpaired) electrons. The zero-order valence-corrected chi connectivity index (χ0v) is 17.8. The third-order valence-corrected chi connectivity index (χ3v) is 6.73. The molecule has 4 rings (SSSR count). The van der Waals surface area contributed by atoms with Gasteiger partial charge < -0.3 is 20.4 Å². The van der Waals surface area contributed by atoms with Gasteiger partial charge in [0.05, 0.1) is 0 Å². The molecule has 2 heterocycles. The summed E-state index contributed by atoms with van der Waals surface area (Å²) in [7, 11) is 0. The van der Waals surface area contributed by atoms with Crippen LogP contribution in [0.25, 0.3) is 0 Å². The molecule has 1 aliphatic carbocycles. The van der Waals surface area contributed by atoms with Crippen LogP contribution >= 0.6 is 0 Å². The van der Waals surface area contributed by atoms with Crippen molar-refractivity contribution in [3.63, 3.8) is 0 Å². The average Bonchev–Trinajstić information content (AvgIpc) is 3.40. The number of benzene rings is 1. The highest BCUT2D eigenvalue weighted by Crippen LogP contribution is 2.27. The molecule has 162 valence electrons. The molecule has 1 aromatic rings. The van der Waals surface area contributed by atoms with E-state index >= 15 is 0 Å². The third-order valence-electron chi connectivity index (χ3n) is 6.73. The number of rotatable bonds is 4. The van der Waals surface area contributed by atoms with Crippen molar-refractivity contribution in [1.82, 2.24) is 15.1 Å². The average molecular weight is 413 g/mol. The molecule has 4 amide bonds. The van der Waals surface area contributed by atoms with Crippen LogP contribution in [0.3, 0.4) is 0 Å². The van der Waals surface area contributed by atoms with Crippen molar-refractivity contribution >= 4 is 23.5 Å². The first-order valence-electron chi connectivity index (χ1n) is 11.2.